The highest BCUT2D eigenvalue weighted by atomic mass is 32.1. The summed E-state index contributed by atoms with van der Waals surface area (Å²) in [5.41, 5.74) is 13.5. The van der Waals surface area contributed by atoms with Gasteiger partial charge < -0.3 is 11.5 Å². The molecule has 0 saturated carbocycles. The molecular weight excluding hydrogens is 324 g/mol. The van der Waals surface area contributed by atoms with Crippen molar-refractivity contribution in [2.45, 2.75) is 31.6 Å². The average Bonchev–Trinajstić information content (AvgIpc) is 3.01. The zero-order valence-corrected chi connectivity index (χ0v) is 14.1. The van der Waals surface area contributed by atoms with Crippen molar-refractivity contribution in [3.05, 3.63) is 51.4 Å². The molecule has 0 saturated heterocycles. The summed E-state index contributed by atoms with van der Waals surface area (Å²) in [4.78, 5) is 35.6. The summed E-state index contributed by atoms with van der Waals surface area (Å²) < 4.78 is 0. The van der Waals surface area contributed by atoms with Crippen molar-refractivity contribution in [2.24, 2.45) is 5.73 Å². The Morgan fingerprint density at radius 2 is 2.08 bits per heavy atom. The zero-order valence-electron chi connectivity index (χ0n) is 13.3. The fourth-order valence-corrected chi connectivity index (χ4v) is 4.48. The van der Waals surface area contributed by atoms with Crippen LogP contribution in [0.5, 0.6) is 0 Å². The molecule has 1 aliphatic rings. The average molecular weight is 342 g/mol. The van der Waals surface area contributed by atoms with E-state index < -0.39 is 5.91 Å². The highest BCUT2D eigenvalue weighted by Gasteiger charge is 2.39. The first-order valence-electron chi connectivity index (χ1n) is 7.66. The molecular formula is C18H18N2O3S. The van der Waals surface area contributed by atoms with E-state index in [-0.39, 0.29) is 21.8 Å². The van der Waals surface area contributed by atoms with Crippen LogP contribution in [0, 0.1) is 0 Å². The summed E-state index contributed by atoms with van der Waals surface area (Å²) in [5.74, 6) is -0.497. The Labute approximate surface area is 143 Å². The van der Waals surface area contributed by atoms with Gasteiger partial charge in [-0.2, -0.15) is 0 Å². The molecule has 0 fully saturated rings. The molecule has 1 heterocycles. The fourth-order valence-electron chi connectivity index (χ4n) is 3.54. The molecule has 1 amide bonds. The van der Waals surface area contributed by atoms with E-state index in [1.165, 1.54) is 0 Å². The van der Waals surface area contributed by atoms with E-state index in [2.05, 4.69) is 0 Å². The monoisotopic (exact) mass is 342 g/mol. The van der Waals surface area contributed by atoms with E-state index in [0.29, 0.717) is 36.0 Å². The maximum absolute atomic E-state index is 12.2. The van der Waals surface area contributed by atoms with Gasteiger partial charge in [-0.1, -0.05) is 31.2 Å². The summed E-state index contributed by atoms with van der Waals surface area (Å²) in [6.07, 6.45) is 2.23. The minimum Gasteiger partial charge on any atom is -0.390 e. The number of nitrogen functional groups attached to an aromatic ring is 1. The molecule has 24 heavy (non-hydrogen) atoms. The number of benzene rings is 1. The summed E-state index contributed by atoms with van der Waals surface area (Å²) in [5, 5.41) is 0.271. The van der Waals surface area contributed by atoms with Gasteiger partial charge in [0.25, 0.3) is 5.91 Å². The molecule has 1 aromatic heterocycles. The van der Waals surface area contributed by atoms with Gasteiger partial charge in [-0.15, -0.1) is 11.3 Å². The van der Waals surface area contributed by atoms with Crippen LogP contribution in [0.3, 0.4) is 0 Å². The maximum Gasteiger partial charge on any atom is 0.251 e. The van der Waals surface area contributed by atoms with Crippen LogP contribution in [0.15, 0.2) is 24.3 Å². The van der Waals surface area contributed by atoms with Crippen molar-refractivity contribution >= 4 is 34.3 Å². The van der Waals surface area contributed by atoms with E-state index in [4.69, 9.17) is 11.5 Å². The van der Waals surface area contributed by atoms with Gasteiger partial charge in [-0.3, -0.25) is 14.4 Å². The SMILES string of the molecule is CC1(CCc2c(C=O)sc(N)c2C(N)=O)CC(=O)c2ccccc21. The van der Waals surface area contributed by atoms with Crippen LogP contribution in [-0.2, 0) is 11.8 Å². The molecule has 5 nitrogen and oxygen atoms in total. The lowest BCUT2D eigenvalue weighted by atomic mass is 9.78. The second-order valence-electron chi connectivity index (χ2n) is 6.37. The number of anilines is 1. The number of hydrogen-bond acceptors (Lipinski definition) is 5. The van der Waals surface area contributed by atoms with Gasteiger partial charge in [0.15, 0.2) is 12.1 Å². The molecule has 124 valence electrons. The topological polar surface area (TPSA) is 103 Å². The number of fused-ring (bicyclic) bond motifs is 1. The van der Waals surface area contributed by atoms with E-state index in [0.717, 1.165) is 22.5 Å². The smallest absolute Gasteiger partial charge is 0.251 e. The van der Waals surface area contributed by atoms with Crippen LogP contribution >= 0.6 is 11.3 Å². The molecule has 0 aliphatic heterocycles. The van der Waals surface area contributed by atoms with Crippen LogP contribution in [0.2, 0.25) is 0 Å². The lowest BCUT2D eigenvalue weighted by Gasteiger charge is -2.24. The number of amides is 1. The van der Waals surface area contributed by atoms with Gasteiger partial charge in [0.05, 0.1) is 15.4 Å². The Balaban J connectivity index is 1.94. The molecule has 1 unspecified atom stereocenters. The van der Waals surface area contributed by atoms with Gasteiger partial charge in [-0.05, 0) is 24.0 Å². The Hall–Kier alpha value is -2.47. The number of nitrogens with two attached hydrogens (primary N) is 2. The molecule has 0 radical (unpaired) electrons. The third-order valence-electron chi connectivity index (χ3n) is 4.77. The molecule has 0 bridgehead atoms. The number of carbonyl (C=O) groups is 3. The Kier molecular flexibility index (Phi) is 4.01. The molecule has 6 heteroatoms. The molecule has 1 atom stereocenters. The van der Waals surface area contributed by atoms with Crippen LogP contribution in [0.25, 0.3) is 0 Å². The first kappa shape index (κ1) is 16.4. The highest BCUT2D eigenvalue weighted by Crippen LogP contribution is 2.43. The van der Waals surface area contributed by atoms with Crippen molar-refractivity contribution < 1.29 is 14.4 Å². The van der Waals surface area contributed by atoms with Crippen molar-refractivity contribution in [1.29, 1.82) is 0 Å². The number of primary amides is 1. The first-order chi connectivity index (χ1) is 11.4. The van der Waals surface area contributed by atoms with Gasteiger partial charge in [0.1, 0.15) is 0 Å². The van der Waals surface area contributed by atoms with Crippen molar-refractivity contribution in [3.8, 4) is 0 Å². The first-order valence-corrected chi connectivity index (χ1v) is 8.48. The number of rotatable bonds is 5. The second kappa shape index (κ2) is 5.87. The number of ketones is 1. The third-order valence-corrected chi connectivity index (χ3v) is 5.76. The molecule has 4 N–H and O–H groups in total. The van der Waals surface area contributed by atoms with Crippen LogP contribution in [0.1, 0.15) is 61.3 Å². The Bertz CT molecular complexity index is 856. The van der Waals surface area contributed by atoms with Crippen molar-refractivity contribution in [3.63, 3.8) is 0 Å². The number of thiophene rings is 1. The number of hydrogen-bond donors (Lipinski definition) is 2. The number of aldehydes is 1. The minimum absolute atomic E-state index is 0.128. The summed E-state index contributed by atoms with van der Waals surface area (Å²) in [6.45, 7) is 2.04. The lowest BCUT2D eigenvalue weighted by Crippen LogP contribution is -2.21. The molecule has 1 aromatic carbocycles. The Morgan fingerprint density at radius 3 is 2.75 bits per heavy atom. The standard InChI is InChI=1S/C18H18N2O3S/c1-18(8-13(22)10-4-2-3-5-12(10)18)7-6-11-14(9-21)24-17(20)15(11)16(19)23/h2-5,9H,6-8,20H2,1H3,(H2,19,23). The van der Waals surface area contributed by atoms with E-state index >= 15 is 0 Å². The number of carbonyl (C=O) groups excluding carboxylic acids is 3. The van der Waals surface area contributed by atoms with E-state index in [1.807, 2.05) is 31.2 Å². The van der Waals surface area contributed by atoms with Gasteiger partial charge in [0.2, 0.25) is 0 Å². The van der Waals surface area contributed by atoms with E-state index in [1.54, 1.807) is 0 Å². The van der Waals surface area contributed by atoms with Crippen LogP contribution in [-0.4, -0.2) is 18.0 Å². The predicted molar refractivity (Wildman–Crippen MR) is 93.7 cm³/mol. The zero-order chi connectivity index (χ0) is 17.5. The quantitative estimate of drug-likeness (QED) is 0.815. The normalized spacial score (nSPS) is 19.3. The summed E-state index contributed by atoms with van der Waals surface area (Å²) in [6, 6.07) is 7.59. The van der Waals surface area contributed by atoms with E-state index in [9.17, 15) is 14.4 Å². The molecule has 0 spiro atoms. The molecule has 1 aliphatic carbocycles. The summed E-state index contributed by atoms with van der Waals surface area (Å²) in [7, 11) is 0. The van der Waals surface area contributed by atoms with Crippen molar-refractivity contribution in [1.82, 2.24) is 0 Å². The maximum atomic E-state index is 12.2. The fraction of sp³-hybridized carbons (Fsp3) is 0.278. The molecule has 2 aromatic rings. The third kappa shape index (κ3) is 2.53. The summed E-state index contributed by atoms with van der Waals surface area (Å²) >= 11 is 1.08. The number of Topliss-reactive ketones (excluding diaryl/α,β-unsaturated/α-hetero) is 1. The predicted octanol–water partition coefficient (Wildman–Crippen LogP) is 2.72. The second-order valence-corrected chi connectivity index (χ2v) is 7.46. The molecule has 3 rings (SSSR count). The Morgan fingerprint density at radius 1 is 1.38 bits per heavy atom. The van der Waals surface area contributed by atoms with Gasteiger partial charge >= 0.3 is 0 Å². The lowest BCUT2D eigenvalue weighted by molar-refractivity contribution is 0.0970. The van der Waals surface area contributed by atoms with Crippen LogP contribution < -0.4 is 11.5 Å². The highest BCUT2D eigenvalue weighted by molar-refractivity contribution is 7.18. The minimum atomic E-state index is -0.625. The van der Waals surface area contributed by atoms with Gasteiger partial charge in [0, 0.05) is 17.4 Å². The van der Waals surface area contributed by atoms with Crippen molar-refractivity contribution in [2.75, 3.05) is 5.73 Å². The van der Waals surface area contributed by atoms with Crippen LogP contribution in [0.4, 0.5) is 5.00 Å². The van der Waals surface area contributed by atoms with Gasteiger partial charge in [-0.25, -0.2) is 0 Å². The largest absolute Gasteiger partial charge is 0.390 e.